The number of esters is 1. The van der Waals surface area contributed by atoms with Crippen LogP contribution in [0.25, 0.3) is 0 Å². The first-order valence-corrected chi connectivity index (χ1v) is 6.91. The highest BCUT2D eigenvalue weighted by atomic mass is 31.2. The molecule has 0 aromatic heterocycles. The zero-order valence-corrected chi connectivity index (χ0v) is 11.5. The zero-order valence-electron chi connectivity index (χ0n) is 10.6. The van der Waals surface area contributed by atoms with Crippen LogP contribution in [0.15, 0.2) is 12.1 Å². The molecule has 0 aliphatic carbocycles. The topological polar surface area (TPSA) is 91.3 Å². The first kappa shape index (κ1) is 13.9. The third kappa shape index (κ3) is 2.10. The summed E-state index contributed by atoms with van der Waals surface area (Å²) < 4.78 is 32.0. The van der Waals surface area contributed by atoms with Gasteiger partial charge in [0.2, 0.25) is 5.85 Å². The van der Waals surface area contributed by atoms with Crippen molar-refractivity contribution in [3.8, 4) is 11.5 Å². The van der Waals surface area contributed by atoms with E-state index in [0.717, 1.165) is 0 Å². The van der Waals surface area contributed by atoms with Gasteiger partial charge in [-0.15, -0.1) is 0 Å². The van der Waals surface area contributed by atoms with E-state index in [1.54, 1.807) is 0 Å². The molecular weight excluding hydrogens is 275 g/mol. The quantitative estimate of drug-likeness (QED) is 0.669. The lowest BCUT2D eigenvalue weighted by atomic mass is 10.1. The summed E-state index contributed by atoms with van der Waals surface area (Å²) in [6.07, 6.45) is 0. The predicted octanol–water partition coefficient (Wildman–Crippen LogP) is 2.06. The molecule has 0 spiro atoms. The van der Waals surface area contributed by atoms with Crippen LogP contribution < -0.4 is 4.74 Å². The van der Waals surface area contributed by atoms with Gasteiger partial charge in [-0.2, -0.15) is 0 Å². The van der Waals surface area contributed by atoms with Crippen molar-refractivity contribution in [3.05, 3.63) is 23.3 Å². The average molecular weight is 288 g/mol. The van der Waals surface area contributed by atoms with Crippen molar-refractivity contribution in [2.75, 3.05) is 21.3 Å². The Kier molecular flexibility index (Phi) is 3.54. The van der Waals surface area contributed by atoms with E-state index < -0.39 is 19.4 Å². The summed E-state index contributed by atoms with van der Waals surface area (Å²) in [5.74, 6) is -1.92. The number of ether oxygens (including phenoxy) is 2. The maximum absolute atomic E-state index is 12.3. The molecule has 0 amide bonds. The zero-order chi connectivity index (χ0) is 14.2. The minimum atomic E-state index is -3.66. The van der Waals surface area contributed by atoms with E-state index in [4.69, 9.17) is 18.5 Å². The SMILES string of the molecule is COc1cc(O)cc2c1C(=O)OC2P(=O)(OC)OC. The molecule has 19 heavy (non-hydrogen) atoms. The molecule has 0 fully saturated rings. The molecule has 0 saturated carbocycles. The lowest BCUT2D eigenvalue weighted by molar-refractivity contribution is 0.0454. The summed E-state index contributed by atoms with van der Waals surface area (Å²) in [6.45, 7) is 0. The van der Waals surface area contributed by atoms with Gasteiger partial charge >= 0.3 is 13.6 Å². The van der Waals surface area contributed by atoms with Gasteiger partial charge in [0.05, 0.1) is 7.11 Å². The van der Waals surface area contributed by atoms with Crippen LogP contribution in [-0.2, 0) is 18.3 Å². The Labute approximate surface area is 109 Å². The molecule has 2 rings (SSSR count). The molecule has 8 heteroatoms. The van der Waals surface area contributed by atoms with Gasteiger partial charge in [0, 0.05) is 25.8 Å². The number of aromatic hydroxyl groups is 1. The number of cyclic esters (lactones) is 1. The number of phenols is 1. The van der Waals surface area contributed by atoms with Crippen molar-refractivity contribution in [1.29, 1.82) is 0 Å². The third-order valence-corrected chi connectivity index (χ3v) is 4.80. The normalized spacial score (nSPS) is 18.1. The number of rotatable bonds is 4. The number of hydrogen-bond acceptors (Lipinski definition) is 7. The molecular formula is C11H13O7P. The van der Waals surface area contributed by atoms with E-state index in [1.807, 2.05) is 0 Å². The highest BCUT2D eigenvalue weighted by Crippen LogP contribution is 2.64. The number of methoxy groups -OCH3 is 1. The first-order valence-electron chi connectivity index (χ1n) is 5.30. The van der Waals surface area contributed by atoms with Crippen LogP contribution in [-0.4, -0.2) is 32.4 Å². The molecule has 1 aromatic rings. The van der Waals surface area contributed by atoms with E-state index >= 15 is 0 Å². The van der Waals surface area contributed by atoms with E-state index in [9.17, 15) is 14.5 Å². The van der Waals surface area contributed by atoms with Crippen LogP contribution in [0.4, 0.5) is 0 Å². The summed E-state index contributed by atoms with van der Waals surface area (Å²) in [4.78, 5) is 11.8. The van der Waals surface area contributed by atoms with Crippen LogP contribution in [0.5, 0.6) is 11.5 Å². The van der Waals surface area contributed by atoms with Gasteiger partial charge in [-0.25, -0.2) is 4.79 Å². The molecule has 1 aromatic carbocycles. The molecule has 7 nitrogen and oxygen atoms in total. The van der Waals surface area contributed by atoms with Crippen molar-refractivity contribution in [1.82, 2.24) is 0 Å². The molecule has 1 atom stereocenters. The van der Waals surface area contributed by atoms with E-state index in [0.29, 0.717) is 0 Å². The van der Waals surface area contributed by atoms with Gasteiger partial charge in [0.15, 0.2) is 0 Å². The van der Waals surface area contributed by atoms with Crippen molar-refractivity contribution >= 4 is 13.6 Å². The fourth-order valence-electron chi connectivity index (χ4n) is 1.92. The molecule has 1 N–H and O–H groups in total. The fourth-order valence-corrected chi connectivity index (χ4v) is 3.22. The predicted molar refractivity (Wildman–Crippen MR) is 64.4 cm³/mol. The van der Waals surface area contributed by atoms with Gasteiger partial charge in [0.1, 0.15) is 17.1 Å². The monoisotopic (exact) mass is 288 g/mol. The Hall–Kier alpha value is -1.56. The standard InChI is InChI=1S/C11H13O7P/c1-15-8-5-6(12)4-7-9(8)10(13)18-11(7)19(14,16-2)17-3/h4-5,11-12H,1-3H3. The summed E-state index contributed by atoms with van der Waals surface area (Å²) in [5, 5.41) is 9.61. The molecule has 0 bridgehead atoms. The summed E-state index contributed by atoms with van der Waals surface area (Å²) in [7, 11) is 0.0720. The second kappa shape index (κ2) is 4.85. The molecule has 1 aliphatic rings. The number of benzene rings is 1. The Bertz CT molecular complexity index is 560. The Morgan fingerprint density at radius 1 is 1.26 bits per heavy atom. The number of carbonyl (C=O) groups is 1. The second-order valence-electron chi connectivity index (χ2n) is 3.77. The van der Waals surface area contributed by atoms with Gasteiger partial charge in [0.25, 0.3) is 0 Å². The van der Waals surface area contributed by atoms with Crippen molar-refractivity contribution in [3.63, 3.8) is 0 Å². The first-order chi connectivity index (χ1) is 8.96. The molecule has 0 saturated heterocycles. The lowest BCUT2D eigenvalue weighted by Gasteiger charge is -2.19. The minimum Gasteiger partial charge on any atom is -0.508 e. The van der Waals surface area contributed by atoms with Crippen LogP contribution in [0.1, 0.15) is 21.8 Å². The number of carbonyl (C=O) groups excluding carboxylic acids is 1. The van der Waals surface area contributed by atoms with Crippen molar-refractivity contribution in [2.24, 2.45) is 0 Å². The lowest BCUT2D eigenvalue weighted by Crippen LogP contribution is -2.03. The number of phenolic OH excluding ortho intramolecular Hbond substituents is 1. The molecule has 1 heterocycles. The van der Waals surface area contributed by atoms with Crippen LogP contribution in [0.2, 0.25) is 0 Å². The van der Waals surface area contributed by atoms with E-state index in [-0.39, 0.29) is 22.6 Å². The Balaban J connectivity index is 2.62. The van der Waals surface area contributed by atoms with Gasteiger partial charge < -0.3 is 23.6 Å². The van der Waals surface area contributed by atoms with Crippen molar-refractivity contribution < 1.29 is 33.0 Å². The second-order valence-corrected chi connectivity index (χ2v) is 6.05. The smallest absolute Gasteiger partial charge is 0.375 e. The van der Waals surface area contributed by atoms with Crippen molar-refractivity contribution in [2.45, 2.75) is 5.85 Å². The van der Waals surface area contributed by atoms with E-state index in [2.05, 4.69) is 0 Å². The fraction of sp³-hybridized carbons (Fsp3) is 0.364. The highest BCUT2D eigenvalue weighted by Gasteiger charge is 2.47. The summed E-state index contributed by atoms with van der Waals surface area (Å²) in [5.41, 5.74) is 0.327. The molecule has 1 aliphatic heterocycles. The Morgan fingerprint density at radius 2 is 1.89 bits per heavy atom. The van der Waals surface area contributed by atoms with Gasteiger partial charge in [-0.1, -0.05) is 0 Å². The third-order valence-electron chi connectivity index (χ3n) is 2.82. The average Bonchev–Trinajstić information content (AvgIpc) is 2.74. The highest BCUT2D eigenvalue weighted by molar-refractivity contribution is 7.54. The minimum absolute atomic E-state index is 0.111. The van der Waals surface area contributed by atoms with Crippen LogP contribution in [0, 0.1) is 0 Å². The van der Waals surface area contributed by atoms with Crippen LogP contribution in [0.3, 0.4) is 0 Å². The maximum atomic E-state index is 12.3. The maximum Gasteiger partial charge on any atom is 0.375 e. The van der Waals surface area contributed by atoms with Gasteiger partial charge in [-0.3, -0.25) is 4.57 Å². The van der Waals surface area contributed by atoms with Crippen LogP contribution >= 0.6 is 7.60 Å². The summed E-state index contributed by atoms with van der Waals surface area (Å²) >= 11 is 0. The van der Waals surface area contributed by atoms with E-state index in [1.165, 1.54) is 33.5 Å². The summed E-state index contributed by atoms with van der Waals surface area (Å²) in [6, 6.07) is 2.55. The molecule has 1 unspecified atom stereocenters. The largest absolute Gasteiger partial charge is 0.508 e. The Morgan fingerprint density at radius 3 is 2.42 bits per heavy atom. The van der Waals surface area contributed by atoms with Gasteiger partial charge in [-0.05, 0) is 6.07 Å². The number of fused-ring (bicyclic) bond motifs is 1. The molecule has 0 radical (unpaired) electrons. The molecule has 104 valence electrons. The number of hydrogen-bond donors (Lipinski definition) is 1.